The van der Waals surface area contributed by atoms with Crippen LogP contribution in [0.5, 0.6) is 0 Å². The molecule has 1 aromatic rings. The van der Waals surface area contributed by atoms with Gasteiger partial charge in [-0.3, -0.25) is 0 Å². The molecule has 0 saturated carbocycles. The predicted octanol–water partition coefficient (Wildman–Crippen LogP) is 2.25. The molecule has 0 aromatic carbocycles. The van der Waals surface area contributed by atoms with E-state index >= 15 is 0 Å². The monoisotopic (exact) mass is 267 g/mol. The van der Waals surface area contributed by atoms with Crippen molar-refractivity contribution in [1.82, 2.24) is 0 Å². The number of hydrogen-bond donors (Lipinski definition) is 1. The first kappa shape index (κ1) is 15.2. The highest BCUT2D eigenvalue weighted by Gasteiger charge is 2.02. The van der Waals surface area contributed by atoms with E-state index in [9.17, 15) is 0 Å². The highest BCUT2D eigenvalue weighted by molar-refractivity contribution is 7.10. The standard InChI is InChI=1S/C14H21NO2S/c1-12(2)10-16-7-8-17-11-14-13(4-3-6-15)5-9-18-14/h5,9,12H,6-8,10-11,15H2,1-2H3. The Morgan fingerprint density at radius 2 is 2.11 bits per heavy atom. The number of rotatable bonds is 7. The van der Waals surface area contributed by atoms with Crippen molar-refractivity contribution in [3.8, 4) is 11.8 Å². The van der Waals surface area contributed by atoms with Crippen LogP contribution in [0, 0.1) is 17.8 Å². The van der Waals surface area contributed by atoms with Crippen LogP contribution in [0.4, 0.5) is 0 Å². The quantitative estimate of drug-likeness (QED) is 0.609. The lowest BCUT2D eigenvalue weighted by Crippen LogP contribution is -2.08. The molecule has 4 heteroatoms. The van der Waals surface area contributed by atoms with Crippen molar-refractivity contribution in [3.05, 3.63) is 21.9 Å². The first-order chi connectivity index (χ1) is 8.74. The van der Waals surface area contributed by atoms with Gasteiger partial charge in [-0.25, -0.2) is 0 Å². The molecule has 0 bridgehead atoms. The smallest absolute Gasteiger partial charge is 0.0823 e. The maximum absolute atomic E-state index is 5.57. The fourth-order valence-corrected chi connectivity index (χ4v) is 2.08. The SMILES string of the molecule is CC(C)COCCOCc1sccc1C#CCN. The van der Waals surface area contributed by atoms with E-state index in [0.29, 0.717) is 32.3 Å². The van der Waals surface area contributed by atoms with Crippen molar-refractivity contribution >= 4 is 11.3 Å². The minimum Gasteiger partial charge on any atom is -0.379 e. The number of nitrogens with two attached hydrogens (primary N) is 1. The summed E-state index contributed by atoms with van der Waals surface area (Å²) >= 11 is 1.66. The molecule has 1 rings (SSSR count). The van der Waals surface area contributed by atoms with Gasteiger partial charge < -0.3 is 15.2 Å². The lowest BCUT2D eigenvalue weighted by molar-refractivity contribution is 0.0322. The first-order valence-corrected chi connectivity index (χ1v) is 7.02. The number of hydrogen-bond acceptors (Lipinski definition) is 4. The van der Waals surface area contributed by atoms with Crippen molar-refractivity contribution in [2.75, 3.05) is 26.4 Å². The molecule has 0 amide bonds. The molecule has 0 aliphatic carbocycles. The number of ether oxygens (including phenoxy) is 2. The molecule has 0 spiro atoms. The van der Waals surface area contributed by atoms with Crippen LogP contribution in [0.1, 0.15) is 24.3 Å². The molecule has 0 fully saturated rings. The van der Waals surface area contributed by atoms with Crippen molar-refractivity contribution in [2.45, 2.75) is 20.5 Å². The third kappa shape index (κ3) is 6.18. The summed E-state index contributed by atoms with van der Waals surface area (Å²) < 4.78 is 11.0. The van der Waals surface area contributed by atoms with Gasteiger partial charge in [-0.15, -0.1) is 11.3 Å². The zero-order chi connectivity index (χ0) is 13.2. The molecule has 0 radical (unpaired) electrons. The Kier molecular flexibility index (Phi) is 7.70. The van der Waals surface area contributed by atoms with Crippen LogP contribution in [0.15, 0.2) is 11.4 Å². The van der Waals surface area contributed by atoms with E-state index in [1.807, 2.05) is 11.4 Å². The summed E-state index contributed by atoms with van der Waals surface area (Å²) in [4.78, 5) is 1.15. The van der Waals surface area contributed by atoms with E-state index in [1.54, 1.807) is 11.3 Å². The summed E-state index contributed by atoms with van der Waals surface area (Å²) in [6.45, 7) is 7.30. The second-order valence-corrected chi connectivity index (χ2v) is 5.29. The fraction of sp³-hybridized carbons (Fsp3) is 0.571. The lowest BCUT2D eigenvalue weighted by atomic mass is 10.2. The van der Waals surface area contributed by atoms with Crippen molar-refractivity contribution in [2.24, 2.45) is 11.7 Å². The zero-order valence-corrected chi connectivity index (χ0v) is 11.9. The molecule has 0 aliphatic heterocycles. The summed E-state index contributed by atoms with van der Waals surface area (Å²) in [5.74, 6) is 6.47. The van der Waals surface area contributed by atoms with E-state index in [-0.39, 0.29) is 0 Å². The van der Waals surface area contributed by atoms with Crippen LogP contribution in [0.3, 0.4) is 0 Å². The highest BCUT2D eigenvalue weighted by atomic mass is 32.1. The van der Waals surface area contributed by atoms with Gasteiger partial charge >= 0.3 is 0 Å². The summed E-state index contributed by atoms with van der Waals surface area (Å²) in [7, 11) is 0. The van der Waals surface area contributed by atoms with Crippen molar-refractivity contribution in [1.29, 1.82) is 0 Å². The summed E-state index contributed by atoms with van der Waals surface area (Å²) in [6, 6.07) is 2.00. The maximum atomic E-state index is 5.57. The summed E-state index contributed by atoms with van der Waals surface area (Å²) in [5, 5.41) is 2.02. The van der Waals surface area contributed by atoms with Crippen molar-refractivity contribution in [3.63, 3.8) is 0 Å². The molecule has 18 heavy (non-hydrogen) atoms. The third-order valence-corrected chi connectivity index (χ3v) is 3.02. The normalized spacial score (nSPS) is 10.4. The Balaban J connectivity index is 2.21. The fourth-order valence-electron chi connectivity index (χ4n) is 1.31. The summed E-state index contributed by atoms with van der Waals surface area (Å²) in [5.41, 5.74) is 6.38. The van der Waals surface area contributed by atoms with E-state index < -0.39 is 0 Å². The second kappa shape index (κ2) is 9.12. The number of thiophene rings is 1. The molecular weight excluding hydrogens is 246 g/mol. The minimum absolute atomic E-state index is 0.388. The zero-order valence-electron chi connectivity index (χ0n) is 11.1. The van der Waals surface area contributed by atoms with Gasteiger partial charge in [0, 0.05) is 17.0 Å². The van der Waals surface area contributed by atoms with Crippen LogP contribution in [0.2, 0.25) is 0 Å². The molecular formula is C14H21NO2S. The van der Waals surface area contributed by atoms with Crippen LogP contribution in [0.25, 0.3) is 0 Å². The third-order valence-electron chi connectivity index (χ3n) is 2.13. The van der Waals surface area contributed by atoms with Gasteiger partial charge in [-0.1, -0.05) is 25.7 Å². The lowest BCUT2D eigenvalue weighted by Gasteiger charge is -2.07. The topological polar surface area (TPSA) is 44.5 Å². The largest absolute Gasteiger partial charge is 0.379 e. The average Bonchev–Trinajstić information content (AvgIpc) is 2.78. The Hall–Kier alpha value is -0.860. The van der Waals surface area contributed by atoms with E-state index in [0.717, 1.165) is 17.0 Å². The molecule has 0 saturated heterocycles. The minimum atomic E-state index is 0.388. The van der Waals surface area contributed by atoms with E-state index in [2.05, 4.69) is 25.7 Å². The molecule has 3 nitrogen and oxygen atoms in total. The second-order valence-electron chi connectivity index (χ2n) is 4.28. The Morgan fingerprint density at radius 1 is 1.33 bits per heavy atom. The Bertz CT molecular complexity index is 390. The molecule has 1 heterocycles. The first-order valence-electron chi connectivity index (χ1n) is 6.14. The molecule has 100 valence electrons. The summed E-state index contributed by atoms with van der Waals surface area (Å²) in [6.07, 6.45) is 0. The highest BCUT2D eigenvalue weighted by Crippen LogP contribution is 2.16. The molecule has 1 aromatic heterocycles. The van der Waals surface area contributed by atoms with Crippen LogP contribution in [-0.2, 0) is 16.1 Å². The van der Waals surface area contributed by atoms with Gasteiger partial charge in [0.1, 0.15) is 0 Å². The van der Waals surface area contributed by atoms with Crippen LogP contribution < -0.4 is 5.73 Å². The Labute approximate surface area is 113 Å². The van der Waals surface area contributed by atoms with Gasteiger partial charge in [-0.2, -0.15) is 0 Å². The van der Waals surface area contributed by atoms with E-state index in [1.165, 1.54) is 0 Å². The molecule has 2 N–H and O–H groups in total. The molecule has 0 atom stereocenters. The van der Waals surface area contributed by atoms with Gasteiger partial charge in [0.2, 0.25) is 0 Å². The Morgan fingerprint density at radius 3 is 2.83 bits per heavy atom. The van der Waals surface area contributed by atoms with Crippen LogP contribution in [-0.4, -0.2) is 26.4 Å². The molecule has 0 aliphatic rings. The van der Waals surface area contributed by atoms with Gasteiger partial charge in [0.15, 0.2) is 0 Å². The van der Waals surface area contributed by atoms with Crippen LogP contribution >= 0.6 is 11.3 Å². The van der Waals surface area contributed by atoms with E-state index in [4.69, 9.17) is 15.2 Å². The van der Waals surface area contributed by atoms with Gasteiger partial charge in [0.05, 0.1) is 26.4 Å². The predicted molar refractivity (Wildman–Crippen MR) is 75.6 cm³/mol. The van der Waals surface area contributed by atoms with Gasteiger partial charge in [0.25, 0.3) is 0 Å². The van der Waals surface area contributed by atoms with Crippen molar-refractivity contribution < 1.29 is 9.47 Å². The maximum Gasteiger partial charge on any atom is 0.0823 e. The van der Waals surface area contributed by atoms with Gasteiger partial charge in [-0.05, 0) is 17.4 Å². The molecule has 0 unspecified atom stereocenters. The average molecular weight is 267 g/mol.